The second-order valence-corrected chi connectivity index (χ2v) is 7.26. The summed E-state index contributed by atoms with van der Waals surface area (Å²) in [7, 11) is 0. The van der Waals surface area contributed by atoms with Crippen molar-refractivity contribution in [2.24, 2.45) is 0 Å². The van der Waals surface area contributed by atoms with Gasteiger partial charge in [0, 0.05) is 39.0 Å². The number of aromatic nitrogens is 2. The Hall–Kier alpha value is -2.76. The van der Waals surface area contributed by atoms with Crippen LogP contribution in [0.15, 0.2) is 24.3 Å². The minimum atomic E-state index is -4.62. The summed E-state index contributed by atoms with van der Waals surface area (Å²) in [4.78, 5) is 27.6. The van der Waals surface area contributed by atoms with Crippen LogP contribution in [0.4, 0.5) is 28.4 Å². The third kappa shape index (κ3) is 5.40. The van der Waals surface area contributed by atoms with Crippen LogP contribution < -0.4 is 10.2 Å². The molecule has 156 valence electrons. The fourth-order valence-electron chi connectivity index (χ4n) is 2.85. The number of piperazine rings is 1. The summed E-state index contributed by atoms with van der Waals surface area (Å²) < 4.78 is 51.3. The third-order valence-corrected chi connectivity index (χ3v) is 5.19. The van der Waals surface area contributed by atoms with Gasteiger partial charge in [0.15, 0.2) is 0 Å². The van der Waals surface area contributed by atoms with Crippen molar-refractivity contribution >= 4 is 34.0 Å². The monoisotopic (exact) mass is 431 g/mol. The zero-order chi connectivity index (χ0) is 21.0. The normalized spacial score (nSPS) is 14.8. The molecule has 3 rings (SSSR count). The van der Waals surface area contributed by atoms with Crippen molar-refractivity contribution in [2.45, 2.75) is 19.0 Å². The van der Waals surface area contributed by atoms with E-state index in [4.69, 9.17) is 0 Å². The van der Waals surface area contributed by atoms with Crippen molar-refractivity contribution in [2.75, 3.05) is 36.4 Å². The number of halogens is 4. The van der Waals surface area contributed by atoms with E-state index >= 15 is 0 Å². The van der Waals surface area contributed by atoms with Crippen LogP contribution in [0.3, 0.4) is 0 Å². The SMILES string of the molecule is O=C(CCC(=O)N1CCN(c2ccccc2F)CC1)Nc1nnc(C(F)(F)F)s1. The molecule has 1 saturated heterocycles. The Balaban J connectivity index is 1.43. The molecular weight excluding hydrogens is 414 g/mol. The highest BCUT2D eigenvalue weighted by molar-refractivity contribution is 7.15. The number of hydrogen-bond acceptors (Lipinski definition) is 6. The van der Waals surface area contributed by atoms with E-state index in [9.17, 15) is 27.2 Å². The quantitative estimate of drug-likeness (QED) is 0.737. The lowest BCUT2D eigenvalue weighted by molar-refractivity contribution is -0.138. The van der Waals surface area contributed by atoms with E-state index < -0.39 is 17.1 Å². The molecule has 12 heteroatoms. The Morgan fingerprint density at radius 1 is 1.07 bits per heavy atom. The number of carbonyl (C=O) groups excluding carboxylic acids is 2. The van der Waals surface area contributed by atoms with Gasteiger partial charge in [0.05, 0.1) is 5.69 Å². The Morgan fingerprint density at radius 2 is 1.76 bits per heavy atom. The van der Waals surface area contributed by atoms with Gasteiger partial charge in [0.1, 0.15) is 5.82 Å². The van der Waals surface area contributed by atoms with Crippen LogP contribution in [0.25, 0.3) is 0 Å². The molecule has 1 aromatic heterocycles. The molecule has 0 atom stereocenters. The lowest BCUT2D eigenvalue weighted by atomic mass is 10.2. The summed E-state index contributed by atoms with van der Waals surface area (Å²) in [6, 6.07) is 6.40. The van der Waals surface area contributed by atoms with Gasteiger partial charge in [-0.3, -0.25) is 9.59 Å². The van der Waals surface area contributed by atoms with Gasteiger partial charge in [-0.25, -0.2) is 4.39 Å². The van der Waals surface area contributed by atoms with Crippen molar-refractivity contribution in [3.8, 4) is 0 Å². The molecule has 0 unspecified atom stereocenters. The molecule has 1 fully saturated rings. The van der Waals surface area contributed by atoms with Gasteiger partial charge in [-0.05, 0) is 12.1 Å². The van der Waals surface area contributed by atoms with Gasteiger partial charge in [-0.1, -0.05) is 23.5 Å². The molecule has 2 aromatic rings. The van der Waals surface area contributed by atoms with E-state index in [-0.39, 0.29) is 41.0 Å². The molecule has 1 aliphatic heterocycles. The highest BCUT2D eigenvalue weighted by Gasteiger charge is 2.35. The zero-order valence-electron chi connectivity index (χ0n) is 15.1. The minimum absolute atomic E-state index is 0.0868. The molecule has 2 heterocycles. The van der Waals surface area contributed by atoms with Crippen LogP contribution in [0.1, 0.15) is 17.8 Å². The van der Waals surface area contributed by atoms with Crippen LogP contribution in [0.5, 0.6) is 0 Å². The molecule has 0 saturated carbocycles. The number of carbonyl (C=O) groups is 2. The van der Waals surface area contributed by atoms with Crippen LogP contribution in [-0.2, 0) is 15.8 Å². The van der Waals surface area contributed by atoms with E-state index in [1.54, 1.807) is 23.1 Å². The van der Waals surface area contributed by atoms with Crippen LogP contribution in [0, 0.1) is 5.82 Å². The number of anilines is 2. The van der Waals surface area contributed by atoms with E-state index in [1.165, 1.54) is 6.07 Å². The first-order chi connectivity index (χ1) is 13.7. The molecule has 2 amide bonds. The second-order valence-electron chi connectivity index (χ2n) is 6.28. The maximum Gasteiger partial charge on any atom is 0.445 e. The number of nitrogens with zero attached hydrogens (tertiary/aromatic N) is 4. The lowest BCUT2D eigenvalue weighted by Crippen LogP contribution is -2.49. The summed E-state index contributed by atoms with van der Waals surface area (Å²) in [6.07, 6.45) is -4.90. The number of nitrogens with one attached hydrogen (secondary N) is 1. The second kappa shape index (κ2) is 8.72. The number of hydrogen-bond donors (Lipinski definition) is 1. The molecule has 29 heavy (non-hydrogen) atoms. The third-order valence-electron chi connectivity index (χ3n) is 4.31. The fourth-order valence-corrected chi connectivity index (χ4v) is 3.48. The van der Waals surface area contributed by atoms with Gasteiger partial charge < -0.3 is 15.1 Å². The summed E-state index contributed by atoms with van der Waals surface area (Å²) >= 11 is 0.219. The van der Waals surface area contributed by atoms with Crippen molar-refractivity contribution in [3.63, 3.8) is 0 Å². The molecule has 1 aliphatic rings. The first-order valence-corrected chi connectivity index (χ1v) is 9.53. The predicted molar refractivity (Wildman–Crippen MR) is 98.0 cm³/mol. The summed E-state index contributed by atoms with van der Waals surface area (Å²) in [5.41, 5.74) is 0.481. The number of para-hydroxylation sites is 1. The fraction of sp³-hybridized carbons (Fsp3) is 0.412. The Labute approximate surface area is 167 Å². The van der Waals surface area contributed by atoms with Gasteiger partial charge in [-0.15, -0.1) is 10.2 Å². The van der Waals surface area contributed by atoms with Crippen molar-refractivity contribution in [1.29, 1.82) is 0 Å². The summed E-state index contributed by atoms with van der Waals surface area (Å²) in [6.45, 7) is 1.70. The molecular formula is C17H17F4N5O2S. The Morgan fingerprint density at radius 3 is 2.38 bits per heavy atom. The standard InChI is InChI=1S/C17H17F4N5O2S/c18-11-3-1-2-4-12(11)25-7-9-26(10-8-25)14(28)6-5-13(27)22-16-24-23-15(29-16)17(19,20)21/h1-4H,5-10H2,(H,22,24,27). The average molecular weight is 431 g/mol. The maximum atomic E-state index is 13.8. The predicted octanol–water partition coefficient (Wildman–Crippen LogP) is 2.76. The Bertz CT molecular complexity index is 881. The van der Waals surface area contributed by atoms with E-state index in [2.05, 4.69) is 15.5 Å². The zero-order valence-corrected chi connectivity index (χ0v) is 15.9. The van der Waals surface area contributed by atoms with Crippen molar-refractivity contribution in [3.05, 3.63) is 35.1 Å². The van der Waals surface area contributed by atoms with Gasteiger partial charge in [0.25, 0.3) is 0 Å². The van der Waals surface area contributed by atoms with Crippen LogP contribution >= 0.6 is 11.3 Å². The topological polar surface area (TPSA) is 78.4 Å². The first kappa shape index (κ1) is 21.0. The highest BCUT2D eigenvalue weighted by Crippen LogP contribution is 2.33. The highest BCUT2D eigenvalue weighted by atomic mass is 32.1. The van der Waals surface area contributed by atoms with Gasteiger partial charge in [0.2, 0.25) is 22.0 Å². The smallest absolute Gasteiger partial charge is 0.366 e. The molecule has 0 aliphatic carbocycles. The number of alkyl halides is 3. The van der Waals surface area contributed by atoms with E-state index in [1.807, 2.05) is 4.90 Å². The first-order valence-electron chi connectivity index (χ1n) is 8.72. The van der Waals surface area contributed by atoms with Crippen LogP contribution in [0.2, 0.25) is 0 Å². The Kier molecular flexibility index (Phi) is 6.30. The molecule has 0 bridgehead atoms. The summed E-state index contributed by atoms with van der Waals surface area (Å²) in [5.74, 6) is -1.19. The maximum absolute atomic E-state index is 13.8. The lowest BCUT2D eigenvalue weighted by Gasteiger charge is -2.36. The number of amides is 2. The molecule has 0 radical (unpaired) electrons. The van der Waals surface area contributed by atoms with Crippen molar-refractivity contribution < 1.29 is 27.2 Å². The molecule has 1 aromatic carbocycles. The summed E-state index contributed by atoms with van der Waals surface area (Å²) in [5, 5.41) is 7.03. The van der Waals surface area contributed by atoms with E-state index in [0.29, 0.717) is 31.9 Å². The van der Waals surface area contributed by atoms with Gasteiger partial charge >= 0.3 is 6.18 Å². The molecule has 7 nitrogen and oxygen atoms in total. The minimum Gasteiger partial charge on any atom is -0.366 e. The van der Waals surface area contributed by atoms with Crippen LogP contribution in [-0.4, -0.2) is 53.1 Å². The molecule has 0 spiro atoms. The number of benzene rings is 1. The molecule has 1 N–H and O–H groups in total. The van der Waals surface area contributed by atoms with E-state index in [0.717, 1.165) is 0 Å². The van der Waals surface area contributed by atoms with Gasteiger partial charge in [-0.2, -0.15) is 13.2 Å². The largest absolute Gasteiger partial charge is 0.445 e. The number of rotatable bonds is 5. The van der Waals surface area contributed by atoms with Crippen molar-refractivity contribution in [1.82, 2.24) is 15.1 Å². The average Bonchev–Trinajstić information content (AvgIpc) is 3.16.